The molecule has 0 saturated heterocycles. The minimum atomic E-state index is -0.637. The maximum Gasteiger partial charge on any atom is 0.407 e. The highest BCUT2D eigenvalue weighted by Crippen LogP contribution is 2.12. The fourth-order valence-corrected chi connectivity index (χ4v) is 3.00. The molecular weight excluding hydrogens is 354 g/mol. The molecule has 166 valence electrons. The van der Waals surface area contributed by atoms with Crippen LogP contribution in [0.1, 0.15) is 111 Å². The fraction of sp³-hybridized carbons (Fsp3) is 0.913. The molecule has 0 rings (SSSR count). The van der Waals surface area contributed by atoms with E-state index in [2.05, 4.69) is 12.2 Å². The van der Waals surface area contributed by atoms with Gasteiger partial charge in [0.05, 0.1) is 13.2 Å². The normalized spacial score (nSPS) is 13.0. The number of rotatable bonds is 18. The van der Waals surface area contributed by atoms with Crippen LogP contribution in [0.4, 0.5) is 4.79 Å². The second kappa shape index (κ2) is 19.1. The fourth-order valence-electron chi connectivity index (χ4n) is 3.00. The number of carbonyl (C=O) groups is 2. The summed E-state index contributed by atoms with van der Waals surface area (Å²) >= 11 is 0. The third-order valence-corrected chi connectivity index (χ3v) is 5.21. The Balaban J connectivity index is 3.92. The van der Waals surface area contributed by atoms with Crippen molar-refractivity contribution in [2.75, 3.05) is 13.2 Å². The summed E-state index contributed by atoms with van der Waals surface area (Å²) in [4.78, 5) is 24.2. The molecule has 5 nitrogen and oxygen atoms in total. The summed E-state index contributed by atoms with van der Waals surface area (Å²) in [6.45, 7) is 9.02. The van der Waals surface area contributed by atoms with Crippen molar-refractivity contribution in [3.63, 3.8) is 0 Å². The molecule has 0 aliphatic carbocycles. The Kier molecular flexibility index (Phi) is 18.2. The van der Waals surface area contributed by atoms with Gasteiger partial charge in [0.25, 0.3) is 0 Å². The van der Waals surface area contributed by atoms with Crippen LogP contribution in [0.2, 0.25) is 0 Å². The van der Waals surface area contributed by atoms with Crippen molar-refractivity contribution in [1.29, 1.82) is 0 Å². The zero-order chi connectivity index (χ0) is 21.0. The van der Waals surface area contributed by atoms with Gasteiger partial charge in [0.15, 0.2) is 0 Å². The molecule has 5 heteroatoms. The Morgan fingerprint density at radius 1 is 0.714 bits per heavy atom. The Morgan fingerprint density at radius 2 is 1.21 bits per heavy atom. The Morgan fingerprint density at radius 3 is 1.75 bits per heavy atom. The van der Waals surface area contributed by atoms with Gasteiger partial charge >= 0.3 is 12.1 Å². The average molecular weight is 400 g/mol. The van der Waals surface area contributed by atoms with Crippen molar-refractivity contribution in [2.45, 2.75) is 117 Å². The summed E-state index contributed by atoms with van der Waals surface area (Å²) in [6.07, 6.45) is 14.5. The number of amides is 1. The van der Waals surface area contributed by atoms with Crippen LogP contribution in [0.15, 0.2) is 0 Å². The average Bonchev–Trinajstić information content (AvgIpc) is 2.69. The maximum absolute atomic E-state index is 12.4. The molecule has 0 saturated carbocycles. The molecule has 1 N–H and O–H groups in total. The molecule has 0 radical (unpaired) electrons. The molecule has 2 atom stereocenters. The zero-order valence-electron chi connectivity index (χ0n) is 18.9. The first-order chi connectivity index (χ1) is 13.6. The van der Waals surface area contributed by atoms with Crippen LogP contribution in [0.3, 0.4) is 0 Å². The monoisotopic (exact) mass is 399 g/mol. The van der Waals surface area contributed by atoms with Gasteiger partial charge < -0.3 is 14.8 Å². The van der Waals surface area contributed by atoms with E-state index in [1.165, 1.54) is 51.4 Å². The standard InChI is InChI=1S/C23H45NO4/c1-5-8-10-11-12-13-14-15-16-17-19-27-22(25)21(20(4)7-3)24-23(26)28-18-9-6-2/h20-21H,5-19H2,1-4H3,(H,24,26)/t20?,21-/m0/s1. The van der Waals surface area contributed by atoms with Gasteiger partial charge in [-0.1, -0.05) is 98.3 Å². The van der Waals surface area contributed by atoms with E-state index in [-0.39, 0.29) is 11.9 Å². The van der Waals surface area contributed by atoms with E-state index in [0.717, 1.165) is 32.1 Å². The summed E-state index contributed by atoms with van der Waals surface area (Å²) in [6, 6.07) is -0.637. The molecule has 0 aromatic heterocycles. The summed E-state index contributed by atoms with van der Waals surface area (Å²) in [5, 5.41) is 2.68. The first-order valence-electron chi connectivity index (χ1n) is 11.7. The Labute approximate surface area is 173 Å². The summed E-state index contributed by atoms with van der Waals surface area (Å²) < 4.78 is 10.5. The van der Waals surface area contributed by atoms with Crippen molar-refractivity contribution in [3.8, 4) is 0 Å². The lowest BCUT2D eigenvalue weighted by atomic mass is 9.99. The molecule has 0 aliphatic heterocycles. The first kappa shape index (κ1) is 26.7. The predicted octanol–water partition coefficient (Wildman–Crippen LogP) is 6.39. The quantitative estimate of drug-likeness (QED) is 0.214. The van der Waals surface area contributed by atoms with Crippen LogP contribution >= 0.6 is 0 Å². The van der Waals surface area contributed by atoms with Gasteiger partial charge in [-0.15, -0.1) is 0 Å². The van der Waals surface area contributed by atoms with Crippen LogP contribution in [-0.4, -0.2) is 31.3 Å². The van der Waals surface area contributed by atoms with Crippen molar-refractivity contribution >= 4 is 12.1 Å². The third kappa shape index (κ3) is 14.8. The number of hydrogen-bond acceptors (Lipinski definition) is 4. The molecule has 0 fully saturated rings. The van der Waals surface area contributed by atoms with Crippen LogP contribution < -0.4 is 5.32 Å². The number of ether oxygens (including phenoxy) is 2. The Bertz CT molecular complexity index is 387. The van der Waals surface area contributed by atoms with E-state index in [0.29, 0.717) is 13.2 Å². The molecule has 0 aromatic rings. The van der Waals surface area contributed by atoms with Gasteiger partial charge in [0.1, 0.15) is 6.04 Å². The van der Waals surface area contributed by atoms with Crippen LogP contribution in [-0.2, 0) is 14.3 Å². The van der Waals surface area contributed by atoms with Crippen LogP contribution in [0.25, 0.3) is 0 Å². The SMILES string of the molecule is CCCCCCCCCCCCOC(=O)[C@@H](NC(=O)OCCCC)C(C)CC. The summed E-state index contributed by atoms with van der Waals surface area (Å²) in [5.41, 5.74) is 0. The van der Waals surface area contributed by atoms with Crippen molar-refractivity contribution in [2.24, 2.45) is 5.92 Å². The second-order valence-electron chi connectivity index (χ2n) is 7.85. The number of unbranched alkanes of at least 4 members (excludes halogenated alkanes) is 10. The molecule has 0 aromatic carbocycles. The highest BCUT2D eigenvalue weighted by Gasteiger charge is 2.27. The van der Waals surface area contributed by atoms with E-state index in [9.17, 15) is 9.59 Å². The van der Waals surface area contributed by atoms with E-state index < -0.39 is 12.1 Å². The van der Waals surface area contributed by atoms with E-state index >= 15 is 0 Å². The molecule has 1 amide bonds. The topological polar surface area (TPSA) is 64.6 Å². The predicted molar refractivity (Wildman–Crippen MR) is 115 cm³/mol. The molecule has 0 spiro atoms. The number of esters is 1. The van der Waals surface area contributed by atoms with Crippen molar-refractivity contribution in [1.82, 2.24) is 5.32 Å². The van der Waals surface area contributed by atoms with Crippen LogP contribution in [0.5, 0.6) is 0 Å². The third-order valence-electron chi connectivity index (χ3n) is 5.21. The van der Waals surface area contributed by atoms with Gasteiger partial charge in [-0.05, 0) is 18.8 Å². The minimum absolute atomic E-state index is 0.0129. The van der Waals surface area contributed by atoms with E-state index in [4.69, 9.17) is 9.47 Å². The smallest absolute Gasteiger partial charge is 0.407 e. The zero-order valence-corrected chi connectivity index (χ0v) is 18.9. The molecule has 0 aliphatic rings. The van der Waals surface area contributed by atoms with Gasteiger partial charge in [-0.3, -0.25) is 0 Å². The lowest BCUT2D eigenvalue weighted by Gasteiger charge is -2.22. The Hall–Kier alpha value is -1.26. The van der Waals surface area contributed by atoms with Gasteiger partial charge in [0, 0.05) is 0 Å². The summed E-state index contributed by atoms with van der Waals surface area (Å²) in [7, 11) is 0. The first-order valence-corrected chi connectivity index (χ1v) is 11.7. The van der Waals surface area contributed by atoms with E-state index in [1.807, 2.05) is 20.8 Å². The molecule has 0 heterocycles. The molecular formula is C23H45NO4. The van der Waals surface area contributed by atoms with Gasteiger partial charge in [-0.25, -0.2) is 9.59 Å². The highest BCUT2D eigenvalue weighted by atomic mass is 16.6. The van der Waals surface area contributed by atoms with Gasteiger partial charge in [0.2, 0.25) is 0 Å². The second-order valence-corrected chi connectivity index (χ2v) is 7.85. The van der Waals surface area contributed by atoms with Crippen LogP contribution in [0, 0.1) is 5.92 Å². The van der Waals surface area contributed by atoms with Crippen molar-refractivity contribution in [3.05, 3.63) is 0 Å². The lowest BCUT2D eigenvalue weighted by Crippen LogP contribution is -2.46. The number of alkyl carbamates (subject to hydrolysis) is 1. The van der Waals surface area contributed by atoms with Crippen molar-refractivity contribution < 1.29 is 19.1 Å². The maximum atomic E-state index is 12.4. The molecule has 1 unspecified atom stereocenters. The largest absolute Gasteiger partial charge is 0.464 e. The molecule has 0 bridgehead atoms. The van der Waals surface area contributed by atoms with Gasteiger partial charge in [-0.2, -0.15) is 0 Å². The number of nitrogens with one attached hydrogen (secondary N) is 1. The number of carbonyl (C=O) groups excluding carboxylic acids is 2. The molecule has 28 heavy (non-hydrogen) atoms. The number of hydrogen-bond donors (Lipinski definition) is 1. The minimum Gasteiger partial charge on any atom is -0.464 e. The lowest BCUT2D eigenvalue weighted by molar-refractivity contribution is -0.147. The summed E-state index contributed by atoms with van der Waals surface area (Å²) in [5.74, 6) is -0.336. The highest BCUT2D eigenvalue weighted by molar-refractivity contribution is 5.81. The van der Waals surface area contributed by atoms with E-state index in [1.54, 1.807) is 0 Å².